The van der Waals surface area contributed by atoms with Crippen LogP contribution in [0.25, 0.3) is 0 Å². The highest BCUT2D eigenvalue weighted by molar-refractivity contribution is 7.12. The number of ether oxygens (including phenoxy) is 1. The van der Waals surface area contributed by atoms with Gasteiger partial charge in [-0.15, -0.1) is 11.3 Å². The van der Waals surface area contributed by atoms with Crippen LogP contribution in [0.15, 0.2) is 41.3 Å². The van der Waals surface area contributed by atoms with Crippen molar-refractivity contribution in [2.45, 2.75) is 106 Å². The Labute approximate surface area is 258 Å². The average Bonchev–Trinajstić information content (AvgIpc) is 3.61. The highest BCUT2D eigenvalue weighted by Crippen LogP contribution is 2.32. The van der Waals surface area contributed by atoms with Crippen molar-refractivity contribution in [1.82, 2.24) is 19.8 Å². The SMILES string of the molecule is CC(C)C.Cc1cccc(C(C)Nc2ncc3n(c2=O)C(C(=O)NCc2cc4c(s2)CN(C(=O)OC(C)(C)C)C4)CC3)c1. The molecule has 0 spiro atoms. The van der Waals surface area contributed by atoms with E-state index < -0.39 is 11.6 Å². The Morgan fingerprint density at radius 2 is 1.86 bits per heavy atom. The van der Waals surface area contributed by atoms with Crippen LogP contribution in [-0.4, -0.2) is 32.1 Å². The molecule has 43 heavy (non-hydrogen) atoms. The zero-order chi connectivity index (χ0) is 31.5. The number of carbonyl (C=O) groups is 2. The second kappa shape index (κ2) is 13.3. The van der Waals surface area contributed by atoms with E-state index >= 15 is 0 Å². The van der Waals surface area contributed by atoms with Gasteiger partial charge in [0.1, 0.15) is 11.6 Å². The Balaban J connectivity index is 0.000000996. The normalized spacial score (nSPS) is 16.2. The number of anilines is 1. The molecule has 2 aromatic heterocycles. The van der Waals surface area contributed by atoms with Crippen LogP contribution in [0.5, 0.6) is 0 Å². The molecule has 0 bridgehead atoms. The second-order valence-electron chi connectivity index (χ2n) is 13.1. The molecule has 2 atom stereocenters. The first kappa shape index (κ1) is 32.3. The average molecular weight is 608 g/mol. The maximum Gasteiger partial charge on any atom is 0.410 e. The molecule has 0 saturated heterocycles. The predicted octanol–water partition coefficient (Wildman–Crippen LogP) is 6.50. The topological polar surface area (TPSA) is 106 Å². The molecule has 0 radical (unpaired) electrons. The first-order chi connectivity index (χ1) is 20.2. The molecule has 0 aliphatic carbocycles. The van der Waals surface area contributed by atoms with Gasteiger partial charge in [-0.05, 0) is 70.6 Å². The van der Waals surface area contributed by atoms with Crippen molar-refractivity contribution >= 4 is 29.2 Å². The van der Waals surface area contributed by atoms with Gasteiger partial charge in [0.05, 0.1) is 25.7 Å². The van der Waals surface area contributed by atoms with Gasteiger partial charge in [-0.2, -0.15) is 0 Å². The molecule has 4 heterocycles. The third-order valence-electron chi connectivity index (χ3n) is 6.99. The number of aromatic nitrogens is 2. The van der Waals surface area contributed by atoms with Crippen LogP contribution in [0.3, 0.4) is 0 Å². The van der Waals surface area contributed by atoms with Crippen LogP contribution in [0.2, 0.25) is 0 Å². The Hall–Kier alpha value is -3.66. The minimum Gasteiger partial charge on any atom is -0.444 e. The van der Waals surface area contributed by atoms with Crippen molar-refractivity contribution in [3.05, 3.63) is 79.0 Å². The molecule has 9 nitrogen and oxygen atoms in total. The number of carbonyl (C=O) groups excluding carboxylic acids is 2. The highest BCUT2D eigenvalue weighted by atomic mass is 32.1. The number of amides is 2. The van der Waals surface area contributed by atoms with Gasteiger partial charge in [0, 0.05) is 21.6 Å². The summed E-state index contributed by atoms with van der Waals surface area (Å²) in [6.07, 6.45) is 2.57. The molecule has 232 valence electrons. The van der Waals surface area contributed by atoms with Gasteiger partial charge in [-0.1, -0.05) is 50.6 Å². The molecular formula is C33H45N5O4S. The zero-order valence-electron chi connectivity index (χ0n) is 26.6. The molecule has 0 saturated carbocycles. The van der Waals surface area contributed by atoms with E-state index in [0.717, 1.165) is 38.1 Å². The molecule has 5 rings (SSSR count). The number of hydrogen-bond acceptors (Lipinski definition) is 7. The molecule has 1 aromatic carbocycles. The van der Waals surface area contributed by atoms with E-state index in [1.54, 1.807) is 27.0 Å². The van der Waals surface area contributed by atoms with Crippen molar-refractivity contribution in [3.8, 4) is 0 Å². The fourth-order valence-electron chi connectivity index (χ4n) is 5.08. The molecular weight excluding hydrogens is 562 g/mol. The lowest BCUT2D eigenvalue weighted by Gasteiger charge is -2.24. The monoisotopic (exact) mass is 607 g/mol. The maximum absolute atomic E-state index is 13.4. The van der Waals surface area contributed by atoms with Crippen LogP contribution >= 0.6 is 11.3 Å². The van der Waals surface area contributed by atoms with Crippen molar-refractivity contribution < 1.29 is 14.3 Å². The number of rotatable bonds is 6. The van der Waals surface area contributed by atoms with Gasteiger partial charge in [-0.25, -0.2) is 9.78 Å². The van der Waals surface area contributed by atoms with Crippen molar-refractivity contribution in [2.75, 3.05) is 5.32 Å². The van der Waals surface area contributed by atoms with Crippen molar-refractivity contribution in [3.63, 3.8) is 0 Å². The summed E-state index contributed by atoms with van der Waals surface area (Å²) < 4.78 is 7.07. The third kappa shape index (κ3) is 8.25. The standard InChI is InChI=1S/C29H35N5O4S.C4H10/c1-17-7-6-8-19(11-17)18(2)32-25-27(36)34-21(13-30-25)9-10-23(34)26(35)31-14-22-12-20-15-33(16-24(20)39-22)28(37)38-29(3,4)5;1-4(2)3/h6-8,11-13,18,23H,9-10,14-16H2,1-5H3,(H,30,32)(H,31,35);4H,1-3H3. The summed E-state index contributed by atoms with van der Waals surface area (Å²) in [6.45, 7) is 17.5. The zero-order valence-corrected chi connectivity index (χ0v) is 27.4. The first-order valence-corrected chi connectivity index (χ1v) is 15.8. The van der Waals surface area contributed by atoms with Gasteiger partial charge in [0.25, 0.3) is 5.56 Å². The van der Waals surface area contributed by atoms with E-state index in [4.69, 9.17) is 4.74 Å². The summed E-state index contributed by atoms with van der Waals surface area (Å²) in [5, 5.41) is 6.26. The molecule has 3 aromatic rings. The highest BCUT2D eigenvalue weighted by Gasteiger charge is 2.32. The number of nitrogens with one attached hydrogen (secondary N) is 2. The number of thiophene rings is 1. The lowest BCUT2D eigenvalue weighted by molar-refractivity contribution is -0.124. The maximum atomic E-state index is 13.4. The lowest BCUT2D eigenvalue weighted by Crippen LogP contribution is -2.36. The van der Waals surface area contributed by atoms with Gasteiger partial charge in [0.2, 0.25) is 5.91 Å². The summed E-state index contributed by atoms with van der Waals surface area (Å²) in [6, 6.07) is 9.48. The van der Waals surface area contributed by atoms with E-state index in [0.29, 0.717) is 32.5 Å². The van der Waals surface area contributed by atoms with E-state index in [-0.39, 0.29) is 29.4 Å². The number of fused-ring (bicyclic) bond motifs is 2. The molecule has 2 aliphatic heterocycles. The van der Waals surface area contributed by atoms with Crippen LogP contribution < -0.4 is 16.2 Å². The largest absolute Gasteiger partial charge is 0.444 e. The molecule has 2 N–H and O–H groups in total. The summed E-state index contributed by atoms with van der Waals surface area (Å²) >= 11 is 1.59. The van der Waals surface area contributed by atoms with E-state index in [9.17, 15) is 14.4 Å². The number of hydrogen-bond donors (Lipinski definition) is 2. The van der Waals surface area contributed by atoms with E-state index in [1.165, 1.54) is 0 Å². The van der Waals surface area contributed by atoms with Crippen LogP contribution in [0, 0.1) is 12.8 Å². The van der Waals surface area contributed by atoms with Crippen LogP contribution in [-0.2, 0) is 35.6 Å². The molecule has 2 amide bonds. The Bertz CT molecular complexity index is 1490. The Kier molecular flexibility index (Phi) is 10.00. The van der Waals surface area contributed by atoms with Crippen LogP contribution in [0.4, 0.5) is 10.6 Å². The van der Waals surface area contributed by atoms with E-state index in [1.807, 2.05) is 58.9 Å². The van der Waals surface area contributed by atoms with Gasteiger partial charge in [0.15, 0.2) is 5.82 Å². The first-order valence-electron chi connectivity index (χ1n) is 15.0. The Morgan fingerprint density at radius 1 is 1.14 bits per heavy atom. The van der Waals surface area contributed by atoms with Crippen molar-refractivity contribution in [2.24, 2.45) is 5.92 Å². The molecule has 0 fully saturated rings. The minimum absolute atomic E-state index is 0.107. The molecule has 2 unspecified atom stereocenters. The lowest BCUT2D eigenvalue weighted by atomic mass is 10.1. The number of nitrogens with zero attached hydrogens (tertiary/aromatic N) is 3. The molecule has 10 heteroatoms. The van der Waals surface area contributed by atoms with Gasteiger partial charge < -0.3 is 15.4 Å². The summed E-state index contributed by atoms with van der Waals surface area (Å²) in [5.74, 6) is 0.903. The smallest absolute Gasteiger partial charge is 0.410 e. The fourth-order valence-corrected chi connectivity index (χ4v) is 6.22. The third-order valence-corrected chi connectivity index (χ3v) is 8.15. The van der Waals surface area contributed by atoms with Gasteiger partial charge in [-0.3, -0.25) is 19.1 Å². The quantitative estimate of drug-likeness (QED) is 0.331. The summed E-state index contributed by atoms with van der Waals surface area (Å²) in [7, 11) is 0. The number of benzene rings is 1. The molecule has 2 aliphatic rings. The Morgan fingerprint density at radius 3 is 2.51 bits per heavy atom. The second-order valence-corrected chi connectivity index (χ2v) is 14.3. The van der Waals surface area contributed by atoms with Crippen LogP contribution in [0.1, 0.15) is 99.1 Å². The summed E-state index contributed by atoms with van der Waals surface area (Å²) in [4.78, 5) is 47.2. The number of aryl methyl sites for hydroxylation is 2. The van der Waals surface area contributed by atoms with E-state index in [2.05, 4.69) is 42.5 Å². The summed E-state index contributed by atoms with van der Waals surface area (Å²) in [5.41, 5.74) is 3.26. The fraction of sp³-hybridized carbons (Fsp3) is 0.515. The minimum atomic E-state index is -0.570. The van der Waals surface area contributed by atoms with Crippen molar-refractivity contribution in [1.29, 1.82) is 0 Å². The predicted molar refractivity (Wildman–Crippen MR) is 171 cm³/mol. The van der Waals surface area contributed by atoms with Gasteiger partial charge >= 0.3 is 6.09 Å².